The van der Waals surface area contributed by atoms with Crippen molar-refractivity contribution in [3.63, 3.8) is 0 Å². The van der Waals surface area contributed by atoms with Gasteiger partial charge < -0.3 is 10.3 Å². The minimum Gasteiger partial charge on any atom is -0.301 e. The second kappa shape index (κ2) is 9.84. The van der Waals surface area contributed by atoms with Crippen LogP contribution in [0.5, 0.6) is 0 Å². The lowest BCUT2D eigenvalue weighted by atomic mass is 10.0. The van der Waals surface area contributed by atoms with Gasteiger partial charge in [-0.2, -0.15) is 0 Å². The van der Waals surface area contributed by atoms with Gasteiger partial charge in [0.2, 0.25) is 5.91 Å². The number of hydrogen-bond donors (Lipinski definition) is 2. The summed E-state index contributed by atoms with van der Waals surface area (Å²) in [6, 6.07) is 9.86. The number of amides is 1. The molecule has 0 fully saturated rings. The number of nitrogens with one attached hydrogen (secondary N) is 2. The monoisotopic (exact) mass is 428 g/mol. The molecule has 6 nitrogen and oxygen atoms in total. The number of aromatic nitrogens is 3. The number of aromatic amines is 1. The van der Waals surface area contributed by atoms with Gasteiger partial charge in [0.05, 0.1) is 11.4 Å². The number of rotatable bonds is 8. The van der Waals surface area contributed by atoms with E-state index in [-0.39, 0.29) is 17.2 Å². The normalized spacial score (nSPS) is 11.0. The average Bonchev–Trinajstić information content (AvgIpc) is 3.14. The second-order valence-electron chi connectivity index (χ2n) is 7.07. The van der Waals surface area contributed by atoms with Crippen LogP contribution < -0.4 is 10.9 Å². The SMILES string of the molecule is CCc1cc(=O)[nH]c(SCC(=O)Nc2nc(-c3ccc(CC(C)C)cc3)cs2)n1. The third-order valence-electron chi connectivity index (χ3n) is 4.12. The van der Waals surface area contributed by atoms with Gasteiger partial charge in [-0.1, -0.05) is 56.8 Å². The van der Waals surface area contributed by atoms with Crippen LogP contribution in [0.3, 0.4) is 0 Å². The molecule has 3 aromatic rings. The molecule has 0 saturated carbocycles. The largest absolute Gasteiger partial charge is 0.301 e. The summed E-state index contributed by atoms with van der Waals surface area (Å²) in [5.41, 5.74) is 3.69. The van der Waals surface area contributed by atoms with E-state index in [1.807, 2.05) is 12.3 Å². The van der Waals surface area contributed by atoms with E-state index in [2.05, 4.69) is 58.4 Å². The van der Waals surface area contributed by atoms with Crippen molar-refractivity contribution in [2.75, 3.05) is 11.1 Å². The highest BCUT2D eigenvalue weighted by atomic mass is 32.2. The molecule has 0 unspecified atom stereocenters. The standard InChI is InChI=1S/C21H24N4O2S2/c1-4-16-10-18(26)24-20(22-16)29-12-19(27)25-21-23-17(11-28-21)15-7-5-14(6-8-15)9-13(2)3/h5-8,10-11,13H,4,9,12H2,1-3H3,(H,22,24,26)(H,23,25,27). The van der Waals surface area contributed by atoms with Gasteiger partial charge in [-0.05, 0) is 24.3 Å². The maximum Gasteiger partial charge on any atom is 0.251 e. The van der Waals surface area contributed by atoms with Gasteiger partial charge in [0.15, 0.2) is 10.3 Å². The van der Waals surface area contributed by atoms with E-state index in [1.54, 1.807) is 0 Å². The molecule has 1 amide bonds. The van der Waals surface area contributed by atoms with Crippen molar-refractivity contribution < 1.29 is 4.79 Å². The first-order chi connectivity index (χ1) is 13.9. The summed E-state index contributed by atoms with van der Waals surface area (Å²) >= 11 is 2.59. The number of benzene rings is 1. The Balaban J connectivity index is 1.57. The van der Waals surface area contributed by atoms with Crippen molar-refractivity contribution in [3.8, 4) is 11.3 Å². The average molecular weight is 429 g/mol. The molecule has 0 aliphatic rings. The Morgan fingerprint density at radius 3 is 2.69 bits per heavy atom. The molecule has 0 spiro atoms. The number of thiazole rings is 1. The molecule has 0 atom stereocenters. The van der Waals surface area contributed by atoms with Crippen LogP contribution in [0.25, 0.3) is 11.3 Å². The molecule has 2 aromatic heterocycles. The molecular weight excluding hydrogens is 404 g/mol. The lowest BCUT2D eigenvalue weighted by Gasteiger charge is -2.05. The van der Waals surface area contributed by atoms with Crippen LogP contribution in [0.15, 0.2) is 45.7 Å². The van der Waals surface area contributed by atoms with E-state index in [1.165, 1.54) is 34.7 Å². The second-order valence-corrected chi connectivity index (χ2v) is 8.89. The lowest BCUT2D eigenvalue weighted by molar-refractivity contribution is -0.113. The molecule has 1 aromatic carbocycles. The molecule has 8 heteroatoms. The third-order valence-corrected chi connectivity index (χ3v) is 5.75. The molecule has 0 aliphatic carbocycles. The van der Waals surface area contributed by atoms with Crippen molar-refractivity contribution in [2.24, 2.45) is 5.92 Å². The zero-order chi connectivity index (χ0) is 20.8. The van der Waals surface area contributed by atoms with E-state index in [0.29, 0.717) is 28.3 Å². The highest BCUT2D eigenvalue weighted by Gasteiger charge is 2.10. The summed E-state index contributed by atoms with van der Waals surface area (Å²) in [6.45, 7) is 6.34. The van der Waals surface area contributed by atoms with Crippen LogP contribution in [0, 0.1) is 5.92 Å². The molecule has 2 N–H and O–H groups in total. The molecule has 2 heterocycles. The van der Waals surface area contributed by atoms with Gasteiger partial charge >= 0.3 is 0 Å². The molecule has 3 rings (SSSR count). The number of hydrogen-bond acceptors (Lipinski definition) is 6. The summed E-state index contributed by atoms with van der Waals surface area (Å²) in [6.07, 6.45) is 1.72. The highest BCUT2D eigenvalue weighted by Crippen LogP contribution is 2.26. The summed E-state index contributed by atoms with van der Waals surface area (Å²) in [4.78, 5) is 35.3. The van der Waals surface area contributed by atoms with E-state index in [4.69, 9.17) is 0 Å². The van der Waals surface area contributed by atoms with Crippen molar-refractivity contribution in [3.05, 3.63) is 57.3 Å². The summed E-state index contributed by atoms with van der Waals surface area (Å²) in [5.74, 6) is 0.583. The first kappa shape index (κ1) is 21.3. The summed E-state index contributed by atoms with van der Waals surface area (Å²) < 4.78 is 0. The number of anilines is 1. The van der Waals surface area contributed by atoms with E-state index in [9.17, 15) is 9.59 Å². The zero-order valence-electron chi connectivity index (χ0n) is 16.7. The van der Waals surface area contributed by atoms with Crippen molar-refractivity contribution in [2.45, 2.75) is 38.8 Å². The Hall–Kier alpha value is -2.45. The first-order valence-corrected chi connectivity index (χ1v) is 11.4. The van der Waals surface area contributed by atoms with Gasteiger partial charge in [-0.3, -0.25) is 9.59 Å². The number of aryl methyl sites for hydroxylation is 1. The first-order valence-electron chi connectivity index (χ1n) is 9.50. The topological polar surface area (TPSA) is 87.7 Å². The van der Waals surface area contributed by atoms with E-state index in [0.717, 1.165) is 17.7 Å². The minimum atomic E-state index is -0.205. The fraction of sp³-hybridized carbons (Fsp3) is 0.333. The zero-order valence-corrected chi connectivity index (χ0v) is 18.3. The molecule has 152 valence electrons. The van der Waals surface area contributed by atoms with Crippen molar-refractivity contribution in [1.82, 2.24) is 15.0 Å². The third kappa shape index (κ3) is 6.27. The number of H-pyrrole nitrogens is 1. The predicted molar refractivity (Wildman–Crippen MR) is 120 cm³/mol. The van der Waals surface area contributed by atoms with Crippen LogP contribution in [-0.4, -0.2) is 26.6 Å². The fourth-order valence-electron chi connectivity index (χ4n) is 2.77. The Morgan fingerprint density at radius 1 is 1.24 bits per heavy atom. The Bertz CT molecular complexity index is 1030. The van der Waals surface area contributed by atoms with Crippen LogP contribution in [0.1, 0.15) is 32.0 Å². The number of thioether (sulfide) groups is 1. The molecule has 0 saturated heterocycles. The quantitative estimate of drug-likeness (QED) is 0.410. The van der Waals surface area contributed by atoms with Crippen LogP contribution in [-0.2, 0) is 17.6 Å². The molecular formula is C21H24N4O2S2. The van der Waals surface area contributed by atoms with Gasteiger partial charge in [0, 0.05) is 22.7 Å². The number of nitrogens with zero attached hydrogens (tertiary/aromatic N) is 2. The Morgan fingerprint density at radius 2 is 2.00 bits per heavy atom. The van der Waals surface area contributed by atoms with E-state index < -0.39 is 0 Å². The van der Waals surface area contributed by atoms with Crippen molar-refractivity contribution >= 4 is 34.1 Å². The number of carbonyl (C=O) groups is 1. The Labute approximate surface area is 178 Å². The smallest absolute Gasteiger partial charge is 0.251 e. The maximum atomic E-state index is 12.2. The minimum absolute atomic E-state index is 0.148. The van der Waals surface area contributed by atoms with Crippen molar-refractivity contribution in [1.29, 1.82) is 0 Å². The van der Waals surface area contributed by atoms with Gasteiger partial charge in [0.25, 0.3) is 5.56 Å². The number of carbonyl (C=O) groups excluding carboxylic acids is 1. The summed E-state index contributed by atoms with van der Waals surface area (Å²) in [7, 11) is 0. The molecule has 0 aliphatic heterocycles. The molecule has 29 heavy (non-hydrogen) atoms. The lowest BCUT2D eigenvalue weighted by Crippen LogP contribution is -2.15. The molecule has 0 bridgehead atoms. The van der Waals surface area contributed by atoms with Crippen LogP contribution in [0.2, 0.25) is 0 Å². The molecule has 0 radical (unpaired) electrons. The van der Waals surface area contributed by atoms with Crippen LogP contribution >= 0.6 is 23.1 Å². The van der Waals surface area contributed by atoms with Gasteiger partial charge in [-0.15, -0.1) is 11.3 Å². The van der Waals surface area contributed by atoms with E-state index >= 15 is 0 Å². The van der Waals surface area contributed by atoms with Crippen LogP contribution in [0.4, 0.5) is 5.13 Å². The van der Waals surface area contributed by atoms with Gasteiger partial charge in [-0.25, -0.2) is 9.97 Å². The Kier molecular flexibility index (Phi) is 7.22. The predicted octanol–water partition coefficient (Wildman–Crippen LogP) is 4.39. The highest BCUT2D eigenvalue weighted by molar-refractivity contribution is 7.99. The van der Waals surface area contributed by atoms with Gasteiger partial charge in [0.1, 0.15) is 0 Å². The maximum absolute atomic E-state index is 12.2. The summed E-state index contributed by atoms with van der Waals surface area (Å²) in [5, 5.41) is 5.75. The fourth-order valence-corrected chi connectivity index (χ4v) is 4.20.